The van der Waals surface area contributed by atoms with Gasteiger partial charge in [0.1, 0.15) is 5.75 Å². The van der Waals surface area contributed by atoms with Gasteiger partial charge in [-0.15, -0.1) is 0 Å². The van der Waals surface area contributed by atoms with Crippen LogP contribution in [0.2, 0.25) is 0 Å². The van der Waals surface area contributed by atoms with Gasteiger partial charge in [0, 0.05) is 16.6 Å². The van der Waals surface area contributed by atoms with Gasteiger partial charge in [0.25, 0.3) is 5.91 Å². The molecular weight excluding hydrogens is 352 g/mol. The Bertz CT molecular complexity index is 962. The number of nitrogens with one attached hydrogen (secondary N) is 1. The van der Waals surface area contributed by atoms with Crippen molar-refractivity contribution in [2.75, 3.05) is 13.2 Å². The Kier molecular flexibility index (Phi) is 5.35. The molecule has 2 aromatic carbocycles. The number of fused-ring (bicyclic) bond motifs is 3. The minimum Gasteiger partial charge on any atom is -0.484 e. The maximum atomic E-state index is 12.8. The molecular formula is C23H26N2O3. The number of ether oxygens (including phenoxy) is 1. The molecule has 1 aliphatic rings. The van der Waals surface area contributed by atoms with E-state index in [2.05, 4.69) is 18.0 Å². The number of aliphatic hydroxyl groups excluding tert-OH is 1. The van der Waals surface area contributed by atoms with E-state index in [4.69, 9.17) is 4.74 Å². The number of benzene rings is 2. The van der Waals surface area contributed by atoms with Crippen molar-refractivity contribution in [3.8, 4) is 5.75 Å². The highest BCUT2D eigenvalue weighted by atomic mass is 16.5. The average molecular weight is 378 g/mol. The third-order valence-electron chi connectivity index (χ3n) is 5.47. The molecule has 3 aromatic rings. The van der Waals surface area contributed by atoms with Crippen molar-refractivity contribution in [2.24, 2.45) is 0 Å². The van der Waals surface area contributed by atoms with Crippen molar-refractivity contribution in [1.82, 2.24) is 9.88 Å². The fourth-order valence-corrected chi connectivity index (χ4v) is 3.99. The highest BCUT2D eigenvalue weighted by Crippen LogP contribution is 2.30. The first kappa shape index (κ1) is 18.6. The van der Waals surface area contributed by atoms with Crippen LogP contribution in [0.15, 0.2) is 48.5 Å². The van der Waals surface area contributed by atoms with E-state index in [0.717, 1.165) is 24.1 Å². The number of carbonyl (C=O) groups is 1. The summed E-state index contributed by atoms with van der Waals surface area (Å²) >= 11 is 0. The lowest BCUT2D eigenvalue weighted by molar-refractivity contribution is -0.138. The van der Waals surface area contributed by atoms with E-state index in [9.17, 15) is 9.90 Å². The van der Waals surface area contributed by atoms with Gasteiger partial charge >= 0.3 is 0 Å². The van der Waals surface area contributed by atoms with Gasteiger partial charge in [-0.1, -0.05) is 43.7 Å². The number of aromatic amines is 1. The van der Waals surface area contributed by atoms with Crippen LogP contribution in [-0.4, -0.2) is 40.2 Å². The summed E-state index contributed by atoms with van der Waals surface area (Å²) in [7, 11) is 0. The second-order valence-corrected chi connectivity index (χ2v) is 7.37. The number of hydrogen-bond acceptors (Lipinski definition) is 3. The zero-order valence-corrected chi connectivity index (χ0v) is 16.1. The van der Waals surface area contributed by atoms with Crippen LogP contribution in [0.3, 0.4) is 0 Å². The van der Waals surface area contributed by atoms with Gasteiger partial charge in [-0.25, -0.2) is 0 Å². The third kappa shape index (κ3) is 3.62. The summed E-state index contributed by atoms with van der Waals surface area (Å²) in [6.07, 6.45) is 2.79. The van der Waals surface area contributed by atoms with Gasteiger partial charge in [0.15, 0.2) is 6.61 Å². The van der Waals surface area contributed by atoms with Crippen molar-refractivity contribution in [3.63, 3.8) is 0 Å². The minimum atomic E-state index is -0.227. The second kappa shape index (κ2) is 8.07. The van der Waals surface area contributed by atoms with E-state index in [1.54, 1.807) is 4.90 Å². The first-order valence-corrected chi connectivity index (χ1v) is 9.90. The molecule has 146 valence electrons. The van der Waals surface area contributed by atoms with Crippen molar-refractivity contribution in [1.29, 1.82) is 0 Å². The molecule has 1 atom stereocenters. The second-order valence-electron chi connectivity index (χ2n) is 7.37. The summed E-state index contributed by atoms with van der Waals surface area (Å²) in [6.45, 7) is 2.53. The van der Waals surface area contributed by atoms with Crippen LogP contribution in [0, 0.1) is 0 Å². The molecule has 0 fully saturated rings. The van der Waals surface area contributed by atoms with E-state index < -0.39 is 0 Å². The van der Waals surface area contributed by atoms with Gasteiger partial charge in [-0.2, -0.15) is 0 Å². The molecule has 0 bridgehead atoms. The lowest BCUT2D eigenvalue weighted by atomic mass is 9.97. The quantitative estimate of drug-likeness (QED) is 0.691. The number of para-hydroxylation sites is 1. The van der Waals surface area contributed by atoms with Crippen LogP contribution in [0.4, 0.5) is 0 Å². The summed E-state index contributed by atoms with van der Waals surface area (Å²) < 4.78 is 5.71. The predicted molar refractivity (Wildman–Crippen MR) is 109 cm³/mol. The predicted octanol–water partition coefficient (Wildman–Crippen LogP) is 3.45. The zero-order chi connectivity index (χ0) is 19.5. The Hall–Kier alpha value is -2.79. The molecule has 0 saturated carbocycles. The number of aryl methyl sites for hydroxylation is 1. The van der Waals surface area contributed by atoms with Gasteiger partial charge < -0.3 is 19.7 Å². The Morgan fingerprint density at radius 2 is 2.00 bits per heavy atom. The highest BCUT2D eigenvalue weighted by molar-refractivity contribution is 5.86. The smallest absolute Gasteiger partial charge is 0.261 e. The highest BCUT2D eigenvalue weighted by Gasteiger charge is 2.31. The zero-order valence-electron chi connectivity index (χ0n) is 16.1. The molecule has 1 unspecified atom stereocenters. The van der Waals surface area contributed by atoms with Gasteiger partial charge in [-0.05, 0) is 42.2 Å². The molecule has 1 amide bonds. The van der Waals surface area contributed by atoms with E-state index in [0.29, 0.717) is 18.7 Å². The fraction of sp³-hybridized carbons (Fsp3) is 0.348. The molecule has 4 rings (SSSR count). The summed E-state index contributed by atoms with van der Waals surface area (Å²) in [5.41, 5.74) is 4.58. The SMILES string of the molecule is CCCc1ccc(OCC(=O)N2Cc3[nH]c4ccccc4c3CC2CO)cc1. The summed E-state index contributed by atoms with van der Waals surface area (Å²) in [5.74, 6) is 0.582. The van der Waals surface area contributed by atoms with Crippen LogP contribution < -0.4 is 4.74 Å². The lowest BCUT2D eigenvalue weighted by Crippen LogP contribution is -2.48. The summed E-state index contributed by atoms with van der Waals surface area (Å²) in [4.78, 5) is 18.0. The Morgan fingerprint density at radius 3 is 2.75 bits per heavy atom. The Morgan fingerprint density at radius 1 is 1.21 bits per heavy atom. The molecule has 0 aliphatic carbocycles. The monoisotopic (exact) mass is 378 g/mol. The number of rotatable bonds is 6. The van der Waals surface area contributed by atoms with Crippen molar-refractivity contribution in [2.45, 2.75) is 38.8 Å². The number of aromatic nitrogens is 1. The standard InChI is InChI=1S/C23H26N2O3/c1-2-5-16-8-10-18(11-9-16)28-15-23(27)25-13-22-20(12-17(25)14-26)19-6-3-4-7-21(19)24-22/h3-4,6-11,17,24,26H,2,5,12-15H2,1H3. The van der Waals surface area contributed by atoms with Crippen LogP contribution in [0.5, 0.6) is 5.75 Å². The number of aliphatic hydroxyl groups is 1. The van der Waals surface area contributed by atoms with Crippen molar-refractivity contribution < 1.29 is 14.6 Å². The van der Waals surface area contributed by atoms with Crippen LogP contribution in [0.25, 0.3) is 10.9 Å². The molecule has 1 aliphatic heterocycles. The molecule has 1 aromatic heterocycles. The number of carbonyl (C=O) groups excluding carboxylic acids is 1. The van der Waals surface area contributed by atoms with Gasteiger partial charge in [0.05, 0.1) is 19.2 Å². The molecule has 5 nitrogen and oxygen atoms in total. The maximum Gasteiger partial charge on any atom is 0.261 e. The van der Waals surface area contributed by atoms with E-state index in [-0.39, 0.29) is 25.2 Å². The molecule has 0 spiro atoms. The normalized spacial score (nSPS) is 16.2. The van der Waals surface area contributed by atoms with E-state index >= 15 is 0 Å². The Labute approximate surface area is 164 Å². The lowest BCUT2D eigenvalue weighted by Gasteiger charge is -2.34. The number of H-pyrrole nitrogens is 1. The minimum absolute atomic E-state index is 0.0286. The number of nitrogens with zero attached hydrogens (tertiary/aromatic N) is 1. The summed E-state index contributed by atoms with van der Waals surface area (Å²) in [5, 5.41) is 11.0. The average Bonchev–Trinajstić information content (AvgIpc) is 3.10. The van der Waals surface area contributed by atoms with Gasteiger partial charge in [-0.3, -0.25) is 4.79 Å². The van der Waals surface area contributed by atoms with E-state index in [1.807, 2.05) is 42.5 Å². The van der Waals surface area contributed by atoms with Crippen molar-refractivity contribution in [3.05, 3.63) is 65.4 Å². The molecule has 0 radical (unpaired) electrons. The van der Waals surface area contributed by atoms with Crippen LogP contribution in [-0.2, 0) is 24.2 Å². The fourth-order valence-electron chi connectivity index (χ4n) is 3.99. The summed E-state index contributed by atoms with van der Waals surface area (Å²) in [6, 6.07) is 15.8. The molecule has 2 N–H and O–H groups in total. The van der Waals surface area contributed by atoms with Crippen LogP contribution in [0.1, 0.15) is 30.2 Å². The first-order valence-electron chi connectivity index (χ1n) is 9.90. The Balaban J connectivity index is 1.46. The molecule has 5 heteroatoms. The van der Waals surface area contributed by atoms with Crippen molar-refractivity contribution >= 4 is 16.8 Å². The third-order valence-corrected chi connectivity index (χ3v) is 5.47. The maximum absolute atomic E-state index is 12.8. The number of hydrogen-bond donors (Lipinski definition) is 2. The molecule has 0 saturated heterocycles. The van der Waals surface area contributed by atoms with E-state index in [1.165, 1.54) is 16.5 Å². The first-order chi connectivity index (χ1) is 13.7. The largest absolute Gasteiger partial charge is 0.484 e. The van der Waals surface area contributed by atoms with Gasteiger partial charge in [0.2, 0.25) is 0 Å². The topological polar surface area (TPSA) is 65.6 Å². The molecule has 28 heavy (non-hydrogen) atoms. The molecule has 2 heterocycles. The van der Waals surface area contributed by atoms with Crippen LogP contribution >= 0.6 is 0 Å². The number of amides is 1.